The molecular weight excluding hydrogens is 349 g/mol. The number of nitrogens with two attached hydrogens (primary N) is 1. The number of alkyl halides is 3. The Morgan fingerprint density at radius 3 is 2.12 bits per heavy atom. The number of halogens is 3. The van der Waals surface area contributed by atoms with Crippen molar-refractivity contribution in [2.45, 2.75) is 6.18 Å². The lowest BCUT2D eigenvalue weighted by Gasteiger charge is -2.06. The predicted octanol–water partition coefficient (Wildman–Crippen LogP) is 4.13. The number of primary amides is 1. The fraction of sp³-hybridized carbons (Fsp3) is 0.111. The smallest absolute Gasteiger partial charge is 0.416 e. The van der Waals surface area contributed by atoms with Crippen molar-refractivity contribution >= 4 is 5.91 Å². The number of aromatic nitrogens is 1. The van der Waals surface area contributed by atoms with Crippen LogP contribution < -0.4 is 10.5 Å². The lowest BCUT2D eigenvalue weighted by Crippen LogP contribution is -2.12. The molecule has 0 radical (unpaired) electrons. The molecule has 0 aliphatic heterocycles. The summed E-state index contributed by atoms with van der Waals surface area (Å²) in [5, 5.41) is 0. The molecule has 0 saturated heterocycles. The molecule has 0 aliphatic carbocycles. The summed E-state index contributed by atoms with van der Waals surface area (Å²) >= 11 is 0. The first-order valence-electron chi connectivity index (χ1n) is 7.42. The van der Waals surface area contributed by atoms with Crippen molar-refractivity contribution < 1.29 is 27.1 Å². The maximum atomic E-state index is 12.7. The van der Waals surface area contributed by atoms with Gasteiger partial charge in [-0.3, -0.25) is 4.79 Å². The lowest BCUT2D eigenvalue weighted by molar-refractivity contribution is -0.137. The molecule has 0 unspecified atom stereocenters. The van der Waals surface area contributed by atoms with Crippen LogP contribution in [0.3, 0.4) is 0 Å². The molecule has 2 aromatic carbocycles. The Hall–Kier alpha value is -3.29. The highest BCUT2D eigenvalue weighted by Gasteiger charge is 2.30. The van der Waals surface area contributed by atoms with E-state index >= 15 is 0 Å². The molecule has 1 heterocycles. The average molecular weight is 362 g/mol. The summed E-state index contributed by atoms with van der Waals surface area (Å²) in [6, 6.07) is 10.9. The summed E-state index contributed by atoms with van der Waals surface area (Å²) in [5.41, 5.74) is 5.27. The highest BCUT2D eigenvalue weighted by Crippen LogP contribution is 2.33. The van der Waals surface area contributed by atoms with Gasteiger partial charge in [-0.05, 0) is 48.5 Å². The van der Waals surface area contributed by atoms with Crippen LogP contribution in [0.15, 0.2) is 52.9 Å². The fourth-order valence-electron chi connectivity index (χ4n) is 2.35. The highest BCUT2D eigenvalue weighted by atomic mass is 19.4. The number of ether oxygens (including phenoxy) is 1. The second-order valence-corrected chi connectivity index (χ2v) is 5.36. The van der Waals surface area contributed by atoms with Crippen LogP contribution in [0, 0.1) is 0 Å². The number of nitrogens with zero attached hydrogens (tertiary/aromatic N) is 1. The van der Waals surface area contributed by atoms with Gasteiger partial charge in [0.15, 0.2) is 11.5 Å². The third-order valence-electron chi connectivity index (χ3n) is 3.67. The maximum absolute atomic E-state index is 12.7. The predicted molar refractivity (Wildman–Crippen MR) is 87.4 cm³/mol. The quantitative estimate of drug-likeness (QED) is 0.757. The van der Waals surface area contributed by atoms with Crippen LogP contribution in [0.1, 0.15) is 16.1 Å². The zero-order valence-electron chi connectivity index (χ0n) is 13.5. The Bertz CT molecular complexity index is 930. The van der Waals surface area contributed by atoms with E-state index in [1.807, 2.05) is 0 Å². The Morgan fingerprint density at radius 1 is 1.04 bits per heavy atom. The molecule has 0 fully saturated rings. The van der Waals surface area contributed by atoms with E-state index in [0.717, 1.165) is 12.1 Å². The highest BCUT2D eigenvalue weighted by molar-refractivity contribution is 5.97. The summed E-state index contributed by atoms with van der Waals surface area (Å²) in [4.78, 5) is 15.7. The number of oxazole rings is 1. The Balaban J connectivity index is 2.03. The molecule has 5 nitrogen and oxygen atoms in total. The van der Waals surface area contributed by atoms with Crippen LogP contribution in [0.2, 0.25) is 0 Å². The van der Waals surface area contributed by atoms with Crippen molar-refractivity contribution in [3.63, 3.8) is 0 Å². The Labute approximate surface area is 146 Å². The molecule has 0 aliphatic rings. The number of hydrogen-bond donors (Lipinski definition) is 1. The van der Waals surface area contributed by atoms with Gasteiger partial charge in [-0.2, -0.15) is 13.2 Å². The standard InChI is InChI=1S/C18H13F3N2O3/c1-25-13-8-4-10(5-9-13)15-14(16(22)24)23-17(26-15)11-2-6-12(7-3-11)18(19,20)21/h2-9H,1H3,(H2,22,24). The van der Waals surface area contributed by atoms with Crippen molar-refractivity contribution in [2.24, 2.45) is 5.73 Å². The SMILES string of the molecule is COc1ccc(-c2oc(-c3ccc(C(F)(F)F)cc3)nc2C(N)=O)cc1. The van der Waals surface area contributed by atoms with Gasteiger partial charge in [0.05, 0.1) is 12.7 Å². The van der Waals surface area contributed by atoms with E-state index in [0.29, 0.717) is 16.9 Å². The van der Waals surface area contributed by atoms with Crippen molar-refractivity contribution in [3.05, 3.63) is 59.8 Å². The van der Waals surface area contributed by atoms with Crippen molar-refractivity contribution in [1.29, 1.82) is 0 Å². The minimum absolute atomic E-state index is 0.00153. The van der Waals surface area contributed by atoms with Gasteiger partial charge >= 0.3 is 6.18 Å². The molecule has 8 heteroatoms. The lowest BCUT2D eigenvalue weighted by atomic mass is 10.1. The van der Waals surface area contributed by atoms with Crippen LogP contribution in [0.25, 0.3) is 22.8 Å². The summed E-state index contributed by atoms with van der Waals surface area (Å²) in [6.45, 7) is 0. The number of carbonyl (C=O) groups is 1. The van der Waals surface area contributed by atoms with Crippen molar-refractivity contribution in [2.75, 3.05) is 7.11 Å². The molecule has 0 atom stereocenters. The molecular formula is C18H13F3N2O3. The van der Waals surface area contributed by atoms with Crippen molar-refractivity contribution in [1.82, 2.24) is 4.98 Å². The molecule has 0 saturated carbocycles. The molecule has 0 spiro atoms. The van der Waals surface area contributed by atoms with Gasteiger partial charge in [-0.15, -0.1) is 0 Å². The molecule has 26 heavy (non-hydrogen) atoms. The molecule has 134 valence electrons. The monoisotopic (exact) mass is 362 g/mol. The van der Waals surface area contributed by atoms with Gasteiger partial charge in [0.25, 0.3) is 5.91 Å². The summed E-state index contributed by atoms with van der Waals surface area (Å²) in [6.07, 6.45) is -4.44. The van der Waals surface area contributed by atoms with E-state index in [2.05, 4.69) is 4.98 Å². The number of rotatable bonds is 4. The zero-order valence-corrected chi connectivity index (χ0v) is 13.5. The third kappa shape index (κ3) is 3.39. The summed E-state index contributed by atoms with van der Waals surface area (Å²) in [7, 11) is 1.51. The number of benzene rings is 2. The van der Waals surface area contributed by atoms with Crippen LogP contribution >= 0.6 is 0 Å². The fourth-order valence-corrected chi connectivity index (χ4v) is 2.35. The van der Waals surface area contributed by atoms with Crippen LogP contribution in [0.4, 0.5) is 13.2 Å². The largest absolute Gasteiger partial charge is 0.497 e. The van der Waals surface area contributed by atoms with E-state index in [9.17, 15) is 18.0 Å². The van der Waals surface area contributed by atoms with E-state index in [4.69, 9.17) is 14.9 Å². The zero-order chi connectivity index (χ0) is 18.9. The second-order valence-electron chi connectivity index (χ2n) is 5.36. The first-order valence-corrected chi connectivity index (χ1v) is 7.42. The molecule has 2 N–H and O–H groups in total. The van der Waals surface area contributed by atoms with Gasteiger partial charge in [-0.25, -0.2) is 4.98 Å². The first-order chi connectivity index (χ1) is 12.3. The maximum Gasteiger partial charge on any atom is 0.416 e. The second kappa shape index (κ2) is 6.55. The molecule has 0 bridgehead atoms. The third-order valence-corrected chi connectivity index (χ3v) is 3.67. The van der Waals surface area contributed by atoms with Gasteiger partial charge in [0, 0.05) is 11.1 Å². The molecule has 3 aromatic rings. The van der Waals surface area contributed by atoms with Gasteiger partial charge in [0.1, 0.15) is 5.75 Å². The number of carbonyl (C=O) groups excluding carboxylic acids is 1. The van der Waals surface area contributed by atoms with Crippen LogP contribution in [-0.4, -0.2) is 18.0 Å². The minimum atomic E-state index is -4.44. The van der Waals surface area contributed by atoms with E-state index in [-0.39, 0.29) is 17.3 Å². The van der Waals surface area contributed by atoms with Gasteiger partial charge in [0.2, 0.25) is 5.89 Å². The van der Waals surface area contributed by atoms with Crippen LogP contribution in [-0.2, 0) is 6.18 Å². The number of amides is 1. The van der Waals surface area contributed by atoms with E-state index in [1.165, 1.54) is 19.2 Å². The van der Waals surface area contributed by atoms with E-state index in [1.54, 1.807) is 24.3 Å². The first kappa shape index (κ1) is 17.5. The Kier molecular flexibility index (Phi) is 4.41. The number of hydrogen-bond acceptors (Lipinski definition) is 4. The normalized spacial score (nSPS) is 11.4. The molecule has 1 amide bonds. The van der Waals surface area contributed by atoms with Crippen molar-refractivity contribution in [3.8, 4) is 28.5 Å². The van der Waals surface area contributed by atoms with Gasteiger partial charge < -0.3 is 14.9 Å². The minimum Gasteiger partial charge on any atom is -0.497 e. The summed E-state index contributed by atoms with van der Waals surface area (Å²) < 4.78 is 48.7. The topological polar surface area (TPSA) is 78.3 Å². The molecule has 3 rings (SSSR count). The molecule has 1 aromatic heterocycles. The van der Waals surface area contributed by atoms with E-state index < -0.39 is 17.6 Å². The Morgan fingerprint density at radius 2 is 1.62 bits per heavy atom. The number of methoxy groups -OCH3 is 1. The van der Waals surface area contributed by atoms with Gasteiger partial charge in [-0.1, -0.05) is 0 Å². The average Bonchev–Trinajstić information content (AvgIpc) is 3.07. The summed E-state index contributed by atoms with van der Waals surface area (Å²) in [5.74, 6) is -0.0667. The van der Waals surface area contributed by atoms with Crippen LogP contribution in [0.5, 0.6) is 5.75 Å².